The van der Waals surface area contributed by atoms with Crippen LogP contribution in [0.1, 0.15) is 10.4 Å². The van der Waals surface area contributed by atoms with Crippen molar-refractivity contribution < 1.29 is 12.6 Å². The summed E-state index contributed by atoms with van der Waals surface area (Å²) in [7, 11) is -3.88. The number of nitrogens with zero attached hydrogens (tertiary/aromatic N) is 1. The molecule has 0 aliphatic rings. The first-order chi connectivity index (χ1) is 8.92. The number of hydrogen-bond donors (Lipinski definition) is 0. The van der Waals surface area contributed by atoms with Crippen molar-refractivity contribution in [1.29, 1.82) is 5.26 Å². The Labute approximate surface area is 120 Å². The molecule has 4 nitrogen and oxygen atoms in total. The highest BCUT2D eigenvalue weighted by atomic mass is 35.5. The Hall–Kier alpha value is -1.55. The lowest BCUT2D eigenvalue weighted by Crippen LogP contribution is -2.08. The zero-order valence-electron chi connectivity index (χ0n) is 9.75. The minimum Gasteiger partial charge on any atom is -0.377 e. The minimum atomic E-state index is -3.88. The van der Waals surface area contributed by atoms with E-state index in [4.69, 9.17) is 21.0 Å². The fourth-order valence-electron chi connectivity index (χ4n) is 1.34. The monoisotopic (exact) mass is 313 g/mol. The van der Waals surface area contributed by atoms with Crippen LogP contribution in [0.5, 0.6) is 5.75 Å². The van der Waals surface area contributed by atoms with Gasteiger partial charge in [-0.3, -0.25) is 0 Å². The fraction of sp³-hybridized carbons (Fsp3) is 0.0833. The van der Waals surface area contributed by atoms with Gasteiger partial charge in [0.05, 0.1) is 16.7 Å². The molecule has 1 aromatic heterocycles. The van der Waals surface area contributed by atoms with E-state index in [1.807, 2.05) is 6.07 Å². The molecule has 0 N–H and O–H groups in total. The van der Waals surface area contributed by atoms with Gasteiger partial charge in [-0.25, -0.2) is 0 Å². The molecule has 0 aliphatic heterocycles. The Balaban J connectivity index is 2.34. The minimum absolute atomic E-state index is 0.00622. The second-order valence-electron chi connectivity index (χ2n) is 3.66. The van der Waals surface area contributed by atoms with Gasteiger partial charge in [0.15, 0.2) is 9.96 Å². The Morgan fingerprint density at radius 3 is 2.58 bits per heavy atom. The van der Waals surface area contributed by atoms with Gasteiger partial charge in [-0.1, -0.05) is 11.6 Å². The molecule has 7 heteroatoms. The Bertz CT molecular complexity index is 760. The quantitative estimate of drug-likeness (QED) is 0.815. The van der Waals surface area contributed by atoms with Crippen LogP contribution < -0.4 is 4.18 Å². The maximum absolute atomic E-state index is 12.0. The maximum atomic E-state index is 12.0. The number of benzene rings is 1. The van der Waals surface area contributed by atoms with Crippen LogP contribution in [0.3, 0.4) is 0 Å². The van der Waals surface area contributed by atoms with E-state index in [2.05, 4.69) is 0 Å². The summed E-state index contributed by atoms with van der Waals surface area (Å²) < 4.78 is 29.1. The molecule has 98 valence electrons. The van der Waals surface area contributed by atoms with Gasteiger partial charge in [-0.05, 0) is 37.3 Å². The normalized spacial score (nSPS) is 11.0. The second-order valence-corrected chi connectivity index (χ2v) is 7.13. The van der Waals surface area contributed by atoms with Crippen LogP contribution in [0.2, 0.25) is 5.02 Å². The standard InChI is InChI=1S/C12H8ClNO3S2/c1-8-2-5-12(18-8)19(15,16)17-11-4-3-9(7-14)6-10(11)13/h2-6H,1H3. The summed E-state index contributed by atoms with van der Waals surface area (Å²) in [5.41, 5.74) is 0.335. The second kappa shape index (κ2) is 5.21. The zero-order valence-corrected chi connectivity index (χ0v) is 12.1. The van der Waals surface area contributed by atoms with Crippen LogP contribution in [-0.2, 0) is 10.1 Å². The van der Waals surface area contributed by atoms with Crippen LogP contribution in [-0.4, -0.2) is 8.42 Å². The maximum Gasteiger partial charge on any atom is 0.348 e. The van der Waals surface area contributed by atoms with Crippen LogP contribution in [0.4, 0.5) is 0 Å². The lowest BCUT2D eigenvalue weighted by atomic mass is 10.2. The summed E-state index contributed by atoms with van der Waals surface area (Å²) in [5, 5.41) is 8.78. The molecule has 0 amide bonds. The molecule has 1 heterocycles. The highest BCUT2D eigenvalue weighted by Crippen LogP contribution is 2.30. The first-order valence-electron chi connectivity index (χ1n) is 5.13. The zero-order chi connectivity index (χ0) is 14.0. The van der Waals surface area contributed by atoms with Gasteiger partial charge >= 0.3 is 10.1 Å². The van der Waals surface area contributed by atoms with E-state index in [-0.39, 0.29) is 15.0 Å². The van der Waals surface area contributed by atoms with Crippen LogP contribution in [0, 0.1) is 18.3 Å². The lowest BCUT2D eigenvalue weighted by Gasteiger charge is -2.06. The highest BCUT2D eigenvalue weighted by molar-refractivity contribution is 7.89. The Morgan fingerprint density at radius 1 is 1.32 bits per heavy atom. The molecule has 0 fully saturated rings. The number of aryl methyl sites for hydroxylation is 1. The van der Waals surface area contributed by atoms with Crippen molar-refractivity contribution >= 4 is 33.1 Å². The van der Waals surface area contributed by atoms with Gasteiger partial charge in [0.1, 0.15) is 0 Å². The summed E-state index contributed by atoms with van der Waals surface area (Å²) in [6.45, 7) is 1.80. The molecule has 0 atom stereocenters. The van der Waals surface area contributed by atoms with Gasteiger partial charge in [-0.15, -0.1) is 11.3 Å². The van der Waals surface area contributed by atoms with E-state index >= 15 is 0 Å². The van der Waals surface area contributed by atoms with Crippen LogP contribution in [0.15, 0.2) is 34.5 Å². The Kier molecular flexibility index (Phi) is 3.80. The topological polar surface area (TPSA) is 67.2 Å². The van der Waals surface area contributed by atoms with Crippen molar-refractivity contribution in [1.82, 2.24) is 0 Å². The van der Waals surface area contributed by atoms with E-state index in [0.717, 1.165) is 16.2 Å². The van der Waals surface area contributed by atoms with E-state index in [1.54, 1.807) is 13.0 Å². The molecule has 1 aromatic carbocycles. The number of hydrogen-bond acceptors (Lipinski definition) is 5. The summed E-state index contributed by atoms with van der Waals surface area (Å²) in [6.07, 6.45) is 0. The van der Waals surface area contributed by atoms with Gasteiger partial charge in [0.2, 0.25) is 0 Å². The molecule has 2 aromatic rings. The predicted octanol–water partition coefficient (Wildman–Crippen LogP) is 3.35. The summed E-state index contributed by atoms with van der Waals surface area (Å²) in [5.74, 6) is 0.00622. The van der Waals surface area contributed by atoms with Crippen molar-refractivity contribution in [2.75, 3.05) is 0 Å². The highest BCUT2D eigenvalue weighted by Gasteiger charge is 2.20. The average molecular weight is 314 g/mol. The third kappa shape index (κ3) is 3.07. The molecular formula is C12H8ClNO3S2. The summed E-state index contributed by atoms with van der Waals surface area (Å²) in [4.78, 5) is 0.869. The third-order valence-electron chi connectivity index (χ3n) is 2.22. The average Bonchev–Trinajstić information content (AvgIpc) is 2.79. The lowest BCUT2D eigenvalue weighted by molar-refractivity contribution is 0.488. The van der Waals surface area contributed by atoms with Crippen molar-refractivity contribution in [2.45, 2.75) is 11.1 Å². The summed E-state index contributed by atoms with van der Waals surface area (Å²) in [6, 6.07) is 9.23. The summed E-state index contributed by atoms with van der Waals surface area (Å²) >= 11 is 6.99. The van der Waals surface area contributed by atoms with Gasteiger partial charge in [0.25, 0.3) is 0 Å². The van der Waals surface area contributed by atoms with E-state index in [9.17, 15) is 8.42 Å². The smallest absolute Gasteiger partial charge is 0.348 e. The van der Waals surface area contributed by atoms with Crippen molar-refractivity contribution in [3.63, 3.8) is 0 Å². The first-order valence-corrected chi connectivity index (χ1v) is 7.73. The van der Waals surface area contributed by atoms with Crippen LogP contribution >= 0.6 is 22.9 Å². The fourth-order valence-corrected chi connectivity index (χ4v) is 3.80. The molecule has 0 bridgehead atoms. The molecule has 0 saturated carbocycles. The van der Waals surface area contributed by atoms with E-state index in [0.29, 0.717) is 5.56 Å². The predicted molar refractivity (Wildman–Crippen MR) is 73.0 cm³/mol. The molecular weight excluding hydrogens is 306 g/mol. The Morgan fingerprint density at radius 2 is 2.05 bits per heavy atom. The molecule has 0 radical (unpaired) electrons. The number of halogens is 1. The SMILES string of the molecule is Cc1ccc(S(=O)(=O)Oc2ccc(C#N)cc2Cl)s1. The van der Waals surface area contributed by atoms with Crippen molar-refractivity contribution in [2.24, 2.45) is 0 Å². The molecule has 2 rings (SSSR count). The van der Waals surface area contributed by atoms with Gasteiger partial charge < -0.3 is 4.18 Å². The van der Waals surface area contributed by atoms with Crippen molar-refractivity contribution in [3.05, 3.63) is 45.8 Å². The molecule has 19 heavy (non-hydrogen) atoms. The molecule has 0 aliphatic carbocycles. The first kappa shape index (κ1) is 13.9. The molecule has 0 spiro atoms. The van der Waals surface area contributed by atoms with Gasteiger partial charge in [0, 0.05) is 4.88 Å². The van der Waals surface area contributed by atoms with Crippen molar-refractivity contribution in [3.8, 4) is 11.8 Å². The number of thiophene rings is 1. The van der Waals surface area contributed by atoms with E-state index < -0.39 is 10.1 Å². The third-order valence-corrected chi connectivity index (χ3v) is 5.20. The largest absolute Gasteiger partial charge is 0.377 e. The van der Waals surface area contributed by atoms with Crippen LogP contribution in [0.25, 0.3) is 0 Å². The molecule has 0 saturated heterocycles. The number of rotatable bonds is 3. The van der Waals surface area contributed by atoms with Gasteiger partial charge in [-0.2, -0.15) is 13.7 Å². The van der Waals surface area contributed by atoms with E-state index in [1.165, 1.54) is 24.3 Å². The number of nitriles is 1. The molecule has 0 unspecified atom stereocenters.